The van der Waals surface area contributed by atoms with Crippen LogP contribution in [0.25, 0.3) is 0 Å². The van der Waals surface area contributed by atoms with Gasteiger partial charge in [-0.15, -0.1) is 0 Å². The zero-order chi connectivity index (χ0) is 25.0. The first kappa shape index (κ1) is 27.4. The van der Waals surface area contributed by atoms with Gasteiger partial charge in [-0.3, -0.25) is 19.2 Å². The van der Waals surface area contributed by atoms with Gasteiger partial charge in [-0.2, -0.15) is 0 Å². The zero-order valence-corrected chi connectivity index (χ0v) is 19.6. The summed E-state index contributed by atoms with van der Waals surface area (Å²) >= 11 is 0. The second-order valence-electron chi connectivity index (χ2n) is 7.51. The molecule has 0 aliphatic carbocycles. The van der Waals surface area contributed by atoms with E-state index in [9.17, 15) is 24.0 Å². The molecular formula is C22H33N5O6. The molecule has 0 aliphatic rings. The average Bonchev–Trinajstić information content (AvgIpc) is 2.78. The number of likely N-dealkylation sites (N-methyl/N-ethyl adjacent to an activating group) is 1. The van der Waals surface area contributed by atoms with Crippen LogP contribution in [0.5, 0.6) is 0 Å². The molecule has 0 aliphatic heterocycles. The molecule has 1 aromatic rings. The van der Waals surface area contributed by atoms with Crippen LogP contribution in [0, 0.1) is 0 Å². The van der Waals surface area contributed by atoms with Gasteiger partial charge in [-0.25, -0.2) is 4.79 Å². The molecule has 0 aromatic heterocycles. The molecule has 5 N–H and O–H groups in total. The molecule has 4 unspecified atom stereocenters. The van der Waals surface area contributed by atoms with Crippen molar-refractivity contribution >= 4 is 29.7 Å². The first-order valence-electron chi connectivity index (χ1n) is 10.7. The third-order valence-electron chi connectivity index (χ3n) is 4.55. The third kappa shape index (κ3) is 10.0. The highest BCUT2D eigenvalue weighted by molar-refractivity contribution is 5.94. The molecule has 5 amide bonds. The molecule has 1 rings (SSSR count). The number of nitrogens with one attached hydrogen (secondary N) is 5. The van der Waals surface area contributed by atoms with Gasteiger partial charge in [0, 0.05) is 6.54 Å². The van der Waals surface area contributed by atoms with Crippen molar-refractivity contribution in [1.29, 1.82) is 0 Å². The predicted octanol–water partition coefficient (Wildman–Crippen LogP) is -0.0485. The van der Waals surface area contributed by atoms with Crippen molar-refractivity contribution in [3.05, 3.63) is 35.9 Å². The first-order chi connectivity index (χ1) is 15.5. The Balaban J connectivity index is 2.43. The van der Waals surface area contributed by atoms with E-state index in [1.807, 2.05) is 18.2 Å². The highest BCUT2D eigenvalue weighted by atomic mass is 16.5. The molecule has 33 heavy (non-hydrogen) atoms. The van der Waals surface area contributed by atoms with Gasteiger partial charge in [0.1, 0.15) is 30.8 Å². The van der Waals surface area contributed by atoms with Gasteiger partial charge in [-0.1, -0.05) is 30.3 Å². The van der Waals surface area contributed by atoms with Crippen LogP contribution in [0.4, 0.5) is 4.79 Å². The summed E-state index contributed by atoms with van der Waals surface area (Å²) in [5, 5.41) is 12.4. The number of benzene rings is 1. The Morgan fingerprint density at radius 3 is 1.58 bits per heavy atom. The lowest BCUT2D eigenvalue weighted by atomic mass is 10.2. The maximum atomic E-state index is 12.3. The summed E-state index contributed by atoms with van der Waals surface area (Å²) in [4.78, 5) is 60.4. The predicted molar refractivity (Wildman–Crippen MR) is 121 cm³/mol. The highest BCUT2D eigenvalue weighted by Gasteiger charge is 2.25. The van der Waals surface area contributed by atoms with E-state index in [1.165, 1.54) is 27.7 Å². The van der Waals surface area contributed by atoms with E-state index in [2.05, 4.69) is 26.6 Å². The van der Waals surface area contributed by atoms with Crippen LogP contribution < -0.4 is 26.6 Å². The Bertz CT molecular complexity index is 832. The summed E-state index contributed by atoms with van der Waals surface area (Å²) in [6, 6.07) is 5.44. The normalized spacial score (nSPS) is 14.0. The topological polar surface area (TPSA) is 155 Å². The number of alkyl carbamates (subject to hydrolysis) is 1. The van der Waals surface area contributed by atoms with Crippen LogP contribution in [0.15, 0.2) is 30.3 Å². The molecule has 11 nitrogen and oxygen atoms in total. The number of hydrogen-bond acceptors (Lipinski definition) is 6. The molecule has 0 heterocycles. The molecular weight excluding hydrogens is 430 g/mol. The van der Waals surface area contributed by atoms with E-state index >= 15 is 0 Å². The third-order valence-corrected chi connectivity index (χ3v) is 4.55. The minimum absolute atomic E-state index is 0.0541. The molecule has 11 heteroatoms. The summed E-state index contributed by atoms with van der Waals surface area (Å²) in [6.07, 6.45) is -0.773. The Hall–Kier alpha value is -3.63. The summed E-state index contributed by atoms with van der Waals surface area (Å²) in [7, 11) is 0. The second kappa shape index (κ2) is 13.7. The molecule has 0 saturated carbocycles. The minimum Gasteiger partial charge on any atom is -0.445 e. The Morgan fingerprint density at radius 1 is 0.697 bits per heavy atom. The number of carbonyl (C=O) groups excluding carboxylic acids is 5. The van der Waals surface area contributed by atoms with Crippen LogP contribution in [0.2, 0.25) is 0 Å². The van der Waals surface area contributed by atoms with E-state index in [0.717, 1.165) is 5.56 Å². The van der Waals surface area contributed by atoms with Crippen molar-refractivity contribution in [3.63, 3.8) is 0 Å². The van der Waals surface area contributed by atoms with Gasteiger partial charge in [0.2, 0.25) is 23.6 Å². The smallest absolute Gasteiger partial charge is 0.408 e. The number of amides is 5. The summed E-state index contributed by atoms with van der Waals surface area (Å²) in [5.74, 6) is -2.09. The molecule has 0 saturated heterocycles. The van der Waals surface area contributed by atoms with Crippen molar-refractivity contribution < 1.29 is 28.7 Å². The number of rotatable bonds is 11. The first-order valence-corrected chi connectivity index (χ1v) is 10.7. The van der Waals surface area contributed by atoms with Gasteiger partial charge < -0.3 is 31.3 Å². The quantitative estimate of drug-likeness (QED) is 0.310. The molecule has 0 fully saturated rings. The maximum Gasteiger partial charge on any atom is 0.408 e. The Kier molecular flexibility index (Phi) is 11.4. The molecule has 0 spiro atoms. The van der Waals surface area contributed by atoms with Crippen molar-refractivity contribution in [3.8, 4) is 0 Å². The highest BCUT2D eigenvalue weighted by Crippen LogP contribution is 2.01. The van der Waals surface area contributed by atoms with Crippen molar-refractivity contribution in [2.24, 2.45) is 0 Å². The minimum atomic E-state index is -0.974. The van der Waals surface area contributed by atoms with Crippen molar-refractivity contribution in [2.45, 2.75) is 65.4 Å². The van der Waals surface area contributed by atoms with Crippen LogP contribution in [-0.2, 0) is 30.5 Å². The fourth-order valence-electron chi connectivity index (χ4n) is 2.55. The van der Waals surface area contributed by atoms with E-state index in [0.29, 0.717) is 6.54 Å². The fourth-order valence-corrected chi connectivity index (χ4v) is 2.55. The monoisotopic (exact) mass is 463 g/mol. The van der Waals surface area contributed by atoms with Crippen LogP contribution in [-0.4, -0.2) is 60.4 Å². The molecule has 182 valence electrons. The lowest BCUT2D eigenvalue weighted by Gasteiger charge is -2.21. The molecule has 0 bridgehead atoms. The fraction of sp³-hybridized carbons (Fsp3) is 0.500. The van der Waals surface area contributed by atoms with E-state index in [4.69, 9.17) is 4.74 Å². The lowest BCUT2D eigenvalue weighted by molar-refractivity contribution is -0.133. The SMILES string of the molecule is CCNC(=O)C(C)NC(=O)C(C)NC(=O)C(C)NC(=O)C(C)NC(=O)OCc1ccccc1. The zero-order valence-electron chi connectivity index (χ0n) is 19.6. The molecule has 1 aromatic carbocycles. The van der Waals surface area contributed by atoms with Gasteiger partial charge >= 0.3 is 6.09 Å². The number of ether oxygens (including phenoxy) is 1. The van der Waals surface area contributed by atoms with Gasteiger partial charge in [0.25, 0.3) is 0 Å². The van der Waals surface area contributed by atoms with Gasteiger partial charge in [0.15, 0.2) is 0 Å². The number of hydrogen-bond donors (Lipinski definition) is 5. The van der Waals surface area contributed by atoms with Crippen LogP contribution >= 0.6 is 0 Å². The van der Waals surface area contributed by atoms with E-state index in [1.54, 1.807) is 19.1 Å². The van der Waals surface area contributed by atoms with E-state index < -0.39 is 48.0 Å². The maximum absolute atomic E-state index is 12.3. The molecule has 4 atom stereocenters. The summed E-state index contributed by atoms with van der Waals surface area (Å²) in [6.45, 7) is 8.12. The average molecular weight is 464 g/mol. The van der Waals surface area contributed by atoms with Crippen LogP contribution in [0.1, 0.15) is 40.2 Å². The van der Waals surface area contributed by atoms with Gasteiger partial charge in [0.05, 0.1) is 0 Å². The largest absolute Gasteiger partial charge is 0.445 e. The second-order valence-corrected chi connectivity index (χ2v) is 7.51. The van der Waals surface area contributed by atoms with Crippen LogP contribution in [0.3, 0.4) is 0 Å². The van der Waals surface area contributed by atoms with Crippen molar-refractivity contribution in [2.75, 3.05) is 6.54 Å². The van der Waals surface area contributed by atoms with E-state index in [-0.39, 0.29) is 12.5 Å². The summed E-state index contributed by atoms with van der Waals surface area (Å²) < 4.78 is 5.06. The lowest BCUT2D eigenvalue weighted by Crippen LogP contribution is -2.56. The number of carbonyl (C=O) groups is 5. The Labute approximate surface area is 193 Å². The van der Waals surface area contributed by atoms with Crippen molar-refractivity contribution in [1.82, 2.24) is 26.6 Å². The Morgan fingerprint density at radius 2 is 1.12 bits per heavy atom. The standard InChI is InChI=1S/C22H33N5O6/c1-6-23-18(28)13(2)24-19(29)14(3)25-20(30)15(4)26-21(31)16(5)27-22(32)33-12-17-10-8-7-9-11-17/h7-11,13-16H,6,12H2,1-5H3,(H,23,28)(H,24,29)(H,25,30)(H,26,31)(H,27,32). The molecule has 0 radical (unpaired) electrons. The summed E-state index contributed by atoms with van der Waals surface area (Å²) in [5.41, 5.74) is 0.800. The van der Waals surface area contributed by atoms with Gasteiger partial charge in [-0.05, 0) is 40.2 Å².